The van der Waals surface area contributed by atoms with E-state index in [0.29, 0.717) is 19.5 Å². The van der Waals surface area contributed by atoms with Crippen molar-refractivity contribution in [2.75, 3.05) is 26.2 Å². The van der Waals surface area contributed by atoms with Gasteiger partial charge in [-0.2, -0.15) is 0 Å². The fourth-order valence-electron chi connectivity index (χ4n) is 3.29. The largest absolute Gasteiger partial charge is 0.356 e. The first-order valence-corrected chi connectivity index (χ1v) is 9.24. The molecule has 0 aromatic carbocycles. The van der Waals surface area contributed by atoms with Crippen molar-refractivity contribution in [2.24, 2.45) is 0 Å². The third-order valence-electron chi connectivity index (χ3n) is 4.70. The molecule has 0 spiro atoms. The second kappa shape index (κ2) is 10.2. The van der Waals surface area contributed by atoms with Crippen molar-refractivity contribution in [1.29, 1.82) is 0 Å². The molecule has 1 aliphatic heterocycles. The second-order valence-electron chi connectivity index (χ2n) is 6.67. The van der Waals surface area contributed by atoms with E-state index in [2.05, 4.69) is 16.0 Å². The first-order valence-electron chi connectivity index (χ1n) is 9.24. The second-order valence-corrected chi connectivity index (χ2v) is 6.67. The summed E-state index contributed by atoms with van der Waals surface area (Å²) in [6.45, 7) is 2.35. The maximum absolute atomic E-state index is 11.8. The lowest BCUT2D eigenvalue weighted by molar-refractivity contribution is -0.130. The molecule has 2 rings (SSSR count). The van der Waals surface area contributed by atoms with Gasteiger partial charge in [-0.05, 0) is 25.7 Å². The molecule has 0 bridgehead atoms. The molecule has 1 heterocycles. The van der Waals surface area contributed by atoms with Crippen LogP contribution < -0.4 is 16.0 Å². The SMILES string of the molecule is O=C(CCNC(=O)NC1CCCCC1)NCCC(=O)N1CCCC1. The summed E-state index contributed by atoms with van der Waals surface area (Å²) in [5.74, 6) is -0.0278. The van der Waals surface area contributed by atoms with Gasteiger partial charge in [-0.25, -0.2) is 4.79 Å². The van der Waals surface area contributed by atoms with E-state index in [-0.39, 0.29) is 30.3 Å². The highest BCUT2D eigenvalue weighted by atomic mass is 16.2. The van der Waals surface area contributed by atoms with Gasteiger partial charge >= 0.3 is 6.03 Å². The van der Waals surface area contributed by atoms with E-state index < -0.39 is 0 Å². The van der Waals surface area contributed by atoms with Gasteiger partial charge in [0.05, 0.1) is 0 Å². The molecule has 0 aromatic heterocycles. The van der Waals surface area contributed by atoms with E-state index in [0.717, 1.165) is 38.8 Å². The van der Waals surface area contributed by atoms with Crippen LogP contribution in [0.1, 0.15) is 57.8 Å². The molecule has 1 aliphatic carbocycles. The Kier molecular flexibility index (Phi) is 7.85. The molecule has 0 aromatic rings. The Morgan fingerprint density at radius 1 is 0.833 bits per heavy atom. The Balaban J connectivity index is 1.48. The molecular weight excluding hydrogens is 308 g/mol. The highest BCUT2D eigenvalue weighted by molar-refractivity contribution is 5.80. The van der Waals surface area contributed by atoms with Crippen molar-refractivity contribution in [3.05, 3.63) is 0 Å². The zero-order valence-corrected chi connectivity index (χ0v) is 14.4. The van der Waals surface area contributed by atoms with Gasteiger partial charge in [0.15, 0.2) is 0 Å². The Morgan fingerprint density at radius 2 is 1.50 bits per heavy atom. The first kappa shape index (κ1) is 18.5. The van der Waals surface area contributed by atoms with Crippen LogP contribution in [0.25, 0.3) is 0 Å². The average Bonchev–Trinajstić information content (AvgIpc) is 3.10. The molecule has 0 radical (unpaired) electrons. The maximum Gasteiger partial charge on any atom is 0.315 e. The third-order valence-corrected chi connectivity index (χ3v) is 4.70. The van der Waals surface area contributed by atoms with E-state index in [1.54, 1.807) is 0 Å². The summed E-state index contributed by atoms with van der Waals surface area (Å²) in [5.41, 5.74) is 0. The number of urea groups is 1. The van der Waals surface area contributed by atoms with Crippen molar-refractivity contribution in [2.45, 2.75) is 63.8 Å². The first-order chi connectivity index (χ1) is 11.6. The van der Waals surface area contributed by atoms with Crippen LogP contribution in [0.15, 0.2) is 0 Å². The van der Waals surface area contributed by atoms with Gasteiger partial charge in [0, 0.05) is 45.1 Å². The third kappa shape index (κ3) is 6.76. The van der Waals surface area contributed by atoms with Crippen LogP contribution in [-0.4, -0.2) is 55.0 Å². The molecule has 4 amide bonds. The van der Waals surface area contributed by atoms with Gasteiger partial charge in [0.2, 0.25) is 11.8 Å². The number of nitrogens with zero attached hydrogens (tertiary/aromatic N) is 1. The van der Waals surface area contributed by atoms with Gasteiger partial charge in [0.1, 0.15) is 0 Å². The molecule has 0 atom stereocenters. The van der Waals surface area contributed by atoms with Crippen molar-refractivity contribution in [3.8, 4) is 0 Å². The molecule has 0 unspecified atom stereocenters. The fraction of sp³-hybridized carbons (Fsp3) is 0.824. The Hall–Kier alpha value is -1.79. The smallest absolute Gasteiger partial charge is 0.315 e. The normalized spacial score (nSPS) is 18.2. The minimum absolute atomic E-state index is 0.109. The lowest BCUT2D eigenvalue weighted by Crippen LogP contribution is -2.44. The Labute approximate surface area is 143 Å². The molecule has 136 valence electrons. The number of carbonyl (C=O) groups is 3. The molecule has 7 heteroatoms. The predicted octanol–water partition coefficient (Wildman–Crippen LogP) is 1.14. The Bertz CT molecular complexity index is 430. The summed E-state index contributed by atoms with van der Waals surface area (Å²) in [6.07, 6.45) is 8.40. The van der Waals surface area contributed by atoms with Crippen LogP contribution in [0.4, 0.5) is 4.79 Å². The summed E-state index contributed by atoms with van der Waals surface area (Å²) in [4.78, 5) is 37.1. The number of hydrogen-bond acceptors (Lipinski definition) is 3. The number of carbonyl (C=O) groups excluding carboxylic acids is 3. The lowest BCUT2D eigenvalue weighted by Gasteiger charge is -2.22. The highest BCUT2D eigenvalue weighted by Crippen LogP contribution is 2.17. The van der Waals surface area contributed by atoms with Gasteiger partial charge < -0.3 is 20.9 Å². The molecule has 2 fully saturated rings. The number of likely N-dealkylation sites (tertiary alicyclic amines) is 1. The summed E-state index contributed by atoms with van der Waals surface area (Å²) < 4.78 is 0. The van der Waals surface area contributed by atoms with Crippen molar-refractivity contribution in [1.82, 2.24) is 20.9 Å². The van der Waals surface area contributed by atoms with E-state index in [1.165, 1.54) is 19.3 Å². The molecule has 3 N–H and O–H groups in total. The van der Waals surface area contributed by atoms with E-state index in [1.807, 2.05) is 4.90 Å². The van der Waals surface area contributed by atoms with Crippen molar-refractivity contribution < 1.29 is 14.4 Å². The molecular formula is C17H30N4O3. The fourth-order valence-corrected chi connectivity index (χ4v) is 3.29. The lowest BCUT2D eigenvalue weighted by atomic mass is 9.96. The highest BCUT2D eigenvalue weighted by Gasteiger charge is 2.17. The van der Waals surface area contributed by atoms with Crippen molar-refractivity contribution in [3.63, 3.8) is 0 Å². The summed E-state index contributed by atoms with van der Waals surface area (Å²) in [6, 6.07) is 0.0723. The zero-order valence-electron chi connectivity index (χ0n) is 14.4. The molecule has 1 saturated heterocycles. The Morgan fingerprint density at radius 3 is 2.21 bits per heavy atom. The van der Waals surface area contributed by atoms with Crippen LogP contribution >= 0.6 is 0 Å². The molecule has 1 saturated carbocycles. The number of amides is 4. The van der Waals surface area contributed by atoms with Crippen LogP contribution in [0.5, 0.6) is 0 Å². The molecule has 2 aliphatic rings. The van der Waals surface area contributed by atoms with Crippen molar-refractivity contribution >= 4 is 17.8 Å². The monoisotopic (exact) mass is 338 g/mol. The van der Waals surface area contributed by atoms with E-state index >= 15 is 0 Å². The van der Waals surface area contributed by atoms with Crippen LogP contribution in [0.3, 0.4) is 0 Å². The topological polar surface area (TPSA) is 90.5 Å². The predicted molar refractivity (Wildman–Crippen MR) is 91.5 cm³/mol. The van der Waals surface area contributed by atoms with Gasteiger partial charge in [-0.1, -0.05) is 19.3 Å². The summed E-state index contributed by atoms with van der Waals surface area (Å²) in [5, 5.41) is 8.40. The minimum Gasteiger partial charge on any atom is -0.356 e. The van der Waals surface area contributed by atoms with Gasteiger partial charge in [-0.15, -0.1) is 0 Å². The molecule has 24 heavy (non-hydrogen) atoms. The minimum atomic E-state index is -0.195. The zero-order chi connectivity index (χ0) is 17.2. The summed E-state index contributed by atoms with van der Waals surface area (Å²) >= 11 is 0. The average molecular weight is 338 g/mol. The number of hydrogen-bond donors (Lipinski definition) is 3. The number of nitrogens with one attached hydrogen (secondary N) is 3. The van der Waals surface area contributed by atoms with Crippen LogP contribution in [-0.2, 0) is 9.59 Å². The standard InChI is InChI=1S/C17H30N4O3/c22-15(18-11-9-16(23)21-12-4-5-13-21)8-10-19-17(24)20-14-6-2-1-3-7-14/h14H,1-13H2,(H,18,22)(H2,19,20,24). The van der Waals surface area contributed by atoms with E-state index in [4.69, 9.17) is 0 Å². The number of rotatable bonds is 7. The van der Waals surface area contributed by atoms with Gasteiger partial charge in [0.25, 0.3) is 0 Å². The summed E-state index contributed by atoms with van der Waals surface area (Å²) in [7, 11) is 0. The quantitative estimate of drug-likeness (QED) is 0.650. The van der Waals surface area contributed by atoms with Crippen LogP contribution in [0, 0.1) is 0 Å². The van der Waals surface area contributed by atoms with Crippen LogP contribution in [0.2, 0.25) is 0 Å². The maximum atomic E-state index is 11.8. The van der Waals surface area contributed by atoms with Gasteiger partial charge in [-0.3, -0.25) is 9.59 Å². The van der Waals surface area contributed by atoms with E-state index in [9.17, 15) is 14.4 Å². The molecule has 7 nitrogen and oxygen atoms in total.